The van der Waals surface area contributed by atoms with Crippen LogP contribution in [-0.2, 0) is 16.1 Å². The topological polar surface area (TPSA) is 54.0 Å². The first kappa shape index (κ1) is 18.4. The Morgan fingerprint density at radius 2 is 2.04 bits per heavy atom. The molecule has 0 aliphatic carbocycles. The largest absolute Gasteiger partial charge is 0.482 e. The van der Waals surface area contributed by atoms with Gasteiger partial charge in [0.05, 0.1) is 5.02 Å². The molecule has 0 fully saturated rings. The molecule has 2 aromatic carbocycles. The number of ether oxygens (including phenoxy) is 4. The van der Waals surface area contributed by atoms with Crippen LogP contribution in [0.1, 0.15) is 36.5 Å². The minimum absolute atomic E-state index is 0.0867. The molecule has 0 saturated carbocycles. The van der Waals surface area contributed by atoms with Crippen molar-refractivity contribution in [2.24, 2.45) is 0 Å². The summed E-state index contributed by atoms with van der Waals surface area (Å²) in [5.74, 6) is 1.64. The summed E-state index contributed by atoms with van der Waals surface area (Å²) in [4.78, 5) is 12.0. The normalized spacial score (nSPS) is 12.3. The highest BCUT2D eigenvalue weighted by Crippen LogP contribution is 2.39. The molecule has 6 heteroatoms. The van der Waals surface area contributed by atoms with Gasteiger partial charge in [0.25, 0.3) is 0 Å². The maximum Gasteiger partial charge on any atom is 0.344 e. The van der Waals surface area contributed by atoms with Gasteiger partial charge in [0.15, 0.2) is 18.1 Å². The molecule has 1 aliphatic heterocycles. The summed E-state index contributed by atoms with van der Waals surface area (Å²) in [6.45, 7) is 6.22. The molecule has 2 aromatic rings. The zero-order valence-corrected chi connectivity index (χ0v) is 15.8. The van der Waals surface area contributed by atoms with E-state index in [0.29, 0.717) is 28.2 Å². The molecule has 138 valence electrons. The standard InChI is InChI=1S/C20H21ClO5/c1-12(2)15-5-4-13(3)6-17(15)23-10-19(22)24-9-14-7-16(21)20-18(8-14)25-11-26-20/h4-8,12H,9-11H2,1-3H3. The molecule has 1 aliphatic rings. The lowest BCUT2D eigenvalue weighted by Gasteiger charge is -2.14. The molecule has 0 radical (unpaired) electrons. The van der Waals surface area contributed by atoms with Gasteiger partial charge in [-0.05, 0) is 47.7 Å². The van der Waals surface area contributed by atoms with Gasteiger partial charge >= 0.3 is 5.97 Å². The number of aryl methyl sites for hydroxylation is 1. The number of fused-ring (bicyclic) bond motifs is 1. The number of carbonyl (C=O) groups is 1. The Morgan fingerprint density at radius 1 is 1.23 bits per heavy atom. The maximum atomic E-state index is 12.0. The highest BCUT2D eigenvalue weighted by molar-refractivity contribution is 6.32. The fourth-order valence-electron chi connectivity index (χ4n) is 2.69. The summed E-state index contributed by atoms with van der Waals surface area (Å²) in [5, 5.41) is 0.434. The Balaban J connectivity index is 1.57. The Bertz CT molecular complexity index is 816. The number of carbonyl (C=O) groups excluding carboxylic acids is 1. The summed E-state index contributed by atoms with van der Waals surface area (Å²) in [6.07, 6.45) is 0. The van der Waals surface area contributed by atoms with Crippen molar-refractivity contribution in [2.45, 2.75) is 33.3 Å². The van der Waals surface area contributed by atoms with E-state index in [4.69, 9.17) is 30.5 Å². The second kappa shape index (κ2) is 7.87. The highest BCUT2D eigenvalue weighted by atomic mass is 35.5. The van der Waals surface area contributed by atoms with Crippen LogP contribution in [0.25, 0.3) is 0 Å². The number of esters is 1. The number of rotatable bonds is 6. The molecule has 1 heterocycles. The van der Waals surface area contributed by atoms with E-state index in [1.807, 2.05) is 25.1 Å². The van der Waals surface area contributed by atoms with E-state index in [-0.39, 0.29) is 20.0 Å². The number of hydrogen-bond acceptors (Lipinski definition) is 5. The Labute approximate surface area is 157 Å². The molecule has 0 N–H and O–H groups in total. The van der Waals surface area contributed by atoms with Crippen molar-refractivity contribution in [2.75, 3.05) is 13.4 Å². The fourth-order valence-corrected chi connectivity index (χ4v) is 2.98. The van der Waals surface area contributed by atoms with Crippen molar-refractivity contribution < 1.29 is 23.7 Å². The van der Waals surface area contributed by atoms with Gasteiger partial charge < -0.3 is 18.9 Å². The quantitative estimate of drug-likeness (QED) is 0.688. The number of halogens is 1. The third-order valence-corrected chi connectivity index (χ3v) is 4.30. The smallest absolute Gasteiger partial charge is 0.344 e. The summed E-state index contributed by atoms with van der Waals surface area (Å²) < 4.78 is 21.5. The molecular weight excluding hydrogens is 356 g/mol. The molecule has 26 heavy (non-hydrogen) atoms. The zero-order chi connectivity index (χ0) is 18.7. The van der Waals surface area contributed by atoms with Crippen LogP contribution in [0.5, 0.6) is 17.2 Å². The van der Waals surface area contributed by atoms with Gasteiger partial charge in [0, 0.05) is 0 Å². The summed E-state index contributed by atoms with van der Waals surface area (Å²) in [5.41, 5.74) is 2.87. The third-order valence-electron chi connectivity index (χ3n) is 4.02. The van der Waals surface area contributed by atoms with Crippen LogP contribution in [0, 0.1) is 6.92 Å². The van der Waals surface area contributed by atoms with E-state index in [0.717, 1.165) is 16.7 Å². The Morgan fingerprint density at radius 3 is 2.81 bits per heavy atom. The summed E-state index contributed by atoms with van der Waals surface area (Å²) in [7, 11) is 0. The lowest BCUT2D eigenvalue weighted by atomic mass is 10.0. The van der Waals surface area contributed by atoms with Crippen molar-refractivity contribution in [1.82, 2.24) is 0 Å². The second-order valence-corrected chi connectivity index (χ2v) is 6.86. The first-order chi connectivity index (χ1) is 12.4. The molecule has 5 nitrogen and oxygen atoms in total. The van der Waals surface area contributed by atoms with Crippen molar-refractivity contribution in [3.05, 3.63) is 52.0 Å². The van der Waals surface area contributed by atoms with Crippen molar-refractivity contribution in [1.29, 1.82) is 0 Å². The first-order valence-corrected chi connectivity index (χ1v) is 8.79. The average Bonchev–Trinajstić information content (AvgIpc) is 3.07. The zero-order valence-electron chi connectivity index (χ0n) is 15.0. The second-order valence-electron chi connectivity index (χ2n) is 6.46. The van der Waals surface area contributed by atoms with Gasteiger partial charge in [-0.25, -0.2) is 4.79 Å². The molecule has 0 aromatic heterocycles. The van der Waals surface area contributed by atoms with Gasteiger partial charge in [0.1, 0.15) is 12.4 Å². The first-order valence-electron chi connectivity index (χ1n) is 8.41. The van der Waals surface area contributed by atoms with E-state index < -0.39 is 5.97 Å². The van der Waals surface area contributed by atoms with Crippen molar-refractivity contribution >= 4 is 17.6 Å². The molecular formula is C20H21ClO5. The molecule has 3 rings (SSSR count). The molecule has 0 amide bonds. The lowest BCUT2D eigenvalue weighted by Crippen LogP contribution is -2.15. The van der Waals surface area contributed by atoms with Crippen LogP contribution >= 0.6 is 11.6 Å². The number of hydrogen-bond donors (Lipinski definition) is 0. The van der Waals surface area contributed by atoms with Crippen molar-refractivity contribution in [3.63, 3.8) is 0 Å². The third kappa shape index (κ3) is 4.22. The summed E-state index contributed by atoms with van der Waals surface area (Å²) >= 11 is 6.12. The minimum Gasteiger partial charge on any atom is -0.482 e. The van der Waals surface area contributed by atoms with Gasteiger partial charge in [-0.3, -0.25) is 0 Å². The van der Waals surface area contributed by atoms with Crippen LogP contribution in [0.2, 0.25) is 5.02 Å². The van der Waals surface area contributed by atoms with Gasteiger partial charge in [-0.15, -0.1) is 0 Å². The molecule has 0 atom stereocenters. The predicted molar refractivity (Wildman–Crippen MR) is 98.1 cm³/mol. The van der Waals surface area contributed by atoms with Gasteiger partial charge in [0.2, 0.25) is 6.79 Å². The SMILES string of the molecule is Cc1ccc(C(C)C)c(OCC(=O)OCc2cc(Cl)c3c(c2)OCO3)c1. The monoisotopic (exact) mass is 376 g/mol. The van der Waals surface area contributed by atoms with E-state index in [2.05, 4.69) is 13.8 Å². The molecule has 0 unspecified atom stereocenters. The van der Waals surface area contributed by atoms with E-state index in [1.54, 1.807) is 12.1 Å². The summed E-state index contributed by atoms with van der Waals surface area (Å²) in [6, 6.07) is 9.43. The van der Waals surface area contributed by atoms with Crippen molar-refractivity contribution in [3.8, 4) is 17.2 Å². The van der Waals surface area contributed by atoms with Crippen LogP contribution in [0.3, 0.4) is 0 Å². The lowest BCUT2D eigenvalue weighted by molar-refractivity contribution is -0.147. The van der Waals surface area contributed by atoms with E-state index in [9.17, 15) is 4.79 Å². The van der Waals surface area contributed by atoms with Crippen LogP contribution in [0.15, 0.2) is 30.3 Å². The van der Waals surface area contributed by atoms with Gasteiger partial charge in [-0.2, -0.15) is 0 Å². The number of benzene rings is 2. The Hall–Kier alpha value is -2.40. The van der Waals surface area contributed by atoms with E-state index >= 15 is 0 Å². The maximum absolute atomic E-state index is 12.0. The molecule has 0 bridgehead atoms. The van der Waals surface area contributed by atoms with Crippen LogP contribution < -0.4 is 14.2 Å². The van der Waals surface area contributed by atoms with Crippen LogP contribution in [0.4, 0.5) is 0 Å². The predicted octanol–water partition coefficient (Wildman–Crippen LogP) is 4.62. The van der Waals surface area contributed by atoms with Gasteiger partial charge in [-0.1, -0.05) is 37.6 Å². The average molecular weight is 377 g/mol. The molecule has 0 spiro atoms. The minimum atomic E-state index is -0.449. The van der Waals surface area contributed by atoms with Crippen LogP contribution in [-0.4, -0.2) is 19.4 Å². The fraction of sp³-hybridized carbons (Fsp3) is 0.350. The molecule has 0 saturated heterocycles. The Kier molecular flexibility index (Phi) is 5.57. The van der Waals surface area contributed by atoms with E-state index in [1.165, 1.54) is 0 Å². The highest BCUT2D eigenvalue weighted by Gasteiger charge is 2.19.